The summed E-state index contributed by atoms with van der Waals surface area (Å²) in [5.74, 6) is -1.21. The number of halogens is 2. The van der Waals surface area contributed by atoms with Crippen LogP contribution in [0.5, 0.6) is 0 Å². The van der Waals surface area contributed by atoms with Crippen LogP contribution in [0.4, 0.5) is 4.39 Å². The standard InChI is InChI=1S/C13H16ClFN2O3S/c14-10-4-3-5-11(15)12(10)13(18)16-6-8-17-7-1-2-9-21(17,19)20/h3-5H,1-2,6-9H2,(H,16,18). The summed E-state index contributed by atoms with van der Waals surface area (Å²) in [5, 5.41) is 2.52. The first-order chi connectivity index (χ1) is 9.92. The van der Waals surface area contributed by atoms with Crippen LogP contribution in [-0.4, -0.2) is 44.0 Å². The lowest BCUT2D eigenvalue weighted by atomic mass is 10.2. The number of amides is 1. The molecule has 2 rings (SSSR count). The van der Waals surface area contributed by atoms with Crippen LogP contribution in [0.2, 0.25) is 5.02 Å². The molecule has 1 saturated heterocycles. The van der Waals surface area contributed by atoms with Gasteiger partial charge in [-0.1, -0.05) is 17.7 Å². The molecule has 0 unspecified atom stereocenters. The van der Waals surface area contributed by atoms with Crippen molar-refractivity contribution in [2.24, 2.45) is 0 Å². The summed E-state index contributed by atoms with van der Waals surface area (Å²) in [6, 6.07) is 3.99. The van der Waals surface area contributed by atoms with Crippen LogP contribution in [0, 0.1) is 5.82 Å². The van der Waals surface area contributed by atoms with E-state index >= 15 is 0 Å². The molecule has 0 aromatic heterocycles. The number of rotatable bonds is 4. The van der Waals surface area contributed by atoms with Gasteiger partial charge in [0.15, 0.2) is 0 Å². The van der Waals surface area contributed by atoms with E-state index in [0.29, 0.717) is 13.0 Å². The summed E-state index contributed by atoms with van der Waals surface area (Å²) in [6.45, 7) is 0.752. The van der Waals surface area contributed by atoms with Crippen molar-refractivity contribution in [3.63, 3.8) is 0 Å². The van der Waals surface area contributed by atoms with E-state index < -0.39 is 21.7 Å². The first kappa shape index (κ1) is 16.2. The molecule has 5 nitrogen and oxygen atoms in total. The van der Waals surface area contributed by atoms with Gasteiger partial charge in [0.25, 0.3) is 5.91 Å². The smallest absolute Gasteiger partial charge is 0.255 e. The molecule has 1 heterocycles. The van der Waals surface area contributed by atoms with E-state index in [2.05, 4.69) is 5.32 Å². The quantitative estimate of drug-likeness (QED) is 0.910. The van der Waals surface area contributed by atoms with Gasteiger partial charge < -0.3 is 5.32 Å². The minimum Gasteiger partial charge on any atom is -0.351 e. The molecule has 1 aliphatic rings. The number of sulfonamides is 1. The zero-order valence-corrected chi connectivity index (χ0v) is 12.9. The third-order valence-electron chi connectivity index (χ3n) is 3.29. The molecule has 0 saturated carbocycles. The lowest BCUT2D eigenvalue weighted by Crippen LogP contribution is -2.42. The minimum absolute atomic E-state index is 0.0260. The van der Waals surface area contributed by atoms with E-state index in [1.54, 1.807) is 0 Å². The van der Waals surface area contributed by atoms with E-state index in [1.807, 2.05) is 0 Å². The third-order valence-corrected chi connectivity index (χ3v) is 5.56. The lowest BCUT2D eigenvalue weighted by Gasteiger charge is -2.26. The molecular formula is C13H16ClFN2O3S. The Morgan fingerprint density at radius 1 is 1.38 bits per heavy atom. The second-order valence-electron chi connectivity index (χ2n) is 4.77. The molecular weight excluding hydrogens is 319 g/mol. The Kier molecular flexibility index (Phi) is 5.18. The van der Waals surface area contributed by atoms with E-state index in [0.717, 1.165) is 12.5 Å². The largest absolute Gasteiger partial charge is 0.351 e. The molecule has 1 aliphatic heterocycles. The van der Waals surface area contributed by atoms with Gasteiger partial charge in [-0.25, -0.2) is 17.1 Å². The Balaban J connectivity index is 1.93. The van der Waals surface area contributed by atoms with E-state index in [9.17, 15) is 17.6 Å². The zero-order chi connectivity index (χ0) is 15.5. The maximum atomic E-state index is 13.6. The van der Waals surface area contributed by atoms with Crippen molar-refractivity contribution >= 4 is 27.5 Å². The molecule has 0 bridgehead atoms. The molecule has 1 aromatic carbocycles. The highest BCUT2D eigenvalue weighted by Gasteiger charge is 2.25. The van der Waals surface area contributed by atoms with Gasteiger partial charge in [0.1, 0.15) is 5.82 Å². The van der Waals surface area contributed by atoms with Crippen molar-refractivity contribution in [1.29, 1.82) is 0 Å². The van der Waals surface area contributed by atoms with Crippen molar-refractivity contribution in [2.75, 3.05) is 25.4 Å². The lowest BCUT2D eigenvalue weighted by molar-refractivity contribution is 0.0947. The monoisotopic (exact) mass is 334 g/mol. The van der Waals surface area contributed by atoms with Crippen molar-refractivity contribution in [3.8, 4) is 0 Å². The van der Waals surface area contributed by atoms with Crippen molar-refractivity contribution in [2.45, 2.75) is 12.8 Å². The Labute approximate surface area is 128 Å². The molecule has 1 fully saturated rings. The van der Waals surface area contributed by atoms with Gasteiger partial charge in [0, 0.05) is 19.6 Å². The summed E-state index contributed by atoms with van der Waals surface area (Å²) in [4.78, 5) is 11.9. The summed E-state index contributed by atoms with van der Waals surface area (Å²) < 4.78 is 38.4. The van der Waals surface area contributed by atoms with Crippen molar-refractivity contribution in [3.05, 3.63) is 34.6 Å². The number of nitrogens with one attached hydrogen (secondary N) is 1. The summed E-state index contributed by atoms with van der Waals surface area (Å²) in [7, 11) is -3.22. The molecule has 0 aliphatic carbocycles. The van der Waals surface area contributed by atoms with Gasteiger partial charge in [-0.2, -0.15) is 0 Å². The van der Waals surface area contributed by atoms with Gasteiger partial charge in [-0.15, -0.1) is 0 Å². The molecule has 116 valence electrons. The first-order valence-electron chi connectivity index (χ1n) is 6.62. The van der Waals surface area contributed by atoms with Crippen LogP contribution < -0.4 is 5.32 Å². The second-order valence-corrected chi connectivity index (χ2v) is 7.27. The zero-order valence-electron chi connectivity index (χ0n) is 11.3. The summed E-state index contributed by atoms with van der Waals surface area (Å²) in [5.41, 5.74) is -0.222. The van der Waals surface area contributed by atoms with Gasteiger partial charge in [-0.3, -0.25) is 4.79 Å². The normalized spacial score (nSPS) is 18.4. The molecule has 1 amide bonds. The fraction of sp³-hybridized carbons (Fsp3) is 0.462. The molecule has 21 heavy (non-hydrogen) atoms. The SMILES string of the molecule is O=C(NCCN1CCCCS1(=O)=O)c1c(F)cccc1Cl. The van der Waals surface area contributed by atoms with Crippen molar-refractivity contribution in [1.82, 2.24) is 9.62 Å². The van der Waals surface area contributed by atoms with Gasteiger partial charge in [0.2, 0.25) is 10.0 Å². The second kappa shape index (κ2) is 6.72. The van der Waals surface area contributed by atoms with Gasteiger partial charge in [0.05, 0.1) is 16.3 Å². The maximum absolute atomic E-state index is 13.6. The Morgan fingerprint density at radius 2 is 2.14 bits per heavy atom. The molecule has 0 spiro atoms. The van der Waals surface area contributed by atoms with Crippen LogP contribution in [-0.2, 0) is 10.0 Å². The van der Waals surface area contributed by atoms with Crippen LogP contribution >= 0.6 is 11.6 Å². The average Bonchev–Trinajstić information content (AvgIpc) is 2.40. The minimum atomic E-state index is -3.22. The topological polar surface area (TPSA) is 66.5 Å². The van der Waals surface area contributed by atoms with Crippen LogP contribution in [0.25, 0.3) is 0 Å². The van der Waals surface area contributed by atoms with Gasteiger partial charge >= 0.3 is 0 Å². The predicted octanol–water partition coefficient (Wildman–Crippen LogP) is 1.63. The highest BCUT2D eigenvalue weighted by atomic mass is 35.5. The highest BCUT2D eigenvalue weighted by Crippen LogP contribution is 2.18. The van der Waals surface area contributed by atoms with Crippen LogP contribution in [0.3, 0.4) is 0 Å². The summed E-state index contributed by atoms with van der Waals surface area (Å²) in [6.07, 6.45) is 1.47. The highest BCUT2D eigenvalue weighted by molar-refractivity contribution is 7.89. The Morgan fingerprint density at radius 3 is 2.81 bits per heavy atom. The molecule has 8 heteroatoms. The van der Waals surface area contributed by atoms with Crippen molar-refractivity contribution < 1.29 is 17.6 Å². The number of hydrogen-bond acceptors (Lipinski definition) is 3. The summed E-state index contributed by atoms with van der Waals surface area (Å²) >= 11 is 5.79. The first-order valence-corrected chi connectivity index (χ1v) is 8.60. The molecule has 0 atom stereocenters. The third kappa shape index (κ3) is 3.93. The average molecular weight is 335 g/mol. The predicted molar refractivity (Wildman–Crippen MR) is 78.3 cm³/mol. The fourth-order valence-corrected chi connectivity index (χ4v) is 4.04. The Hall–Kier alpha value is -1.18. The van der Waals surface area contributed by atoms with Gasteiger partial charge in [-0.05, 0) is 25.0 Å². The van der Waals surface area contributed by atoms with E-state index in [1.165, 1.54) is 16.4 Å². The van der Waals surface area contributed by atoms with Crippen LogP contribution in [0.15, 0.2) is 18.2 Å². The number of benzene rings is 1. The fourth-order valence-electron chi connectivity index (χ4n) is 2.19. The number of carbonyl (C=O) groups excluding carboxylic acids is 1. The molecule has 0 radical (unpaired) electrons. The van der Waals surface area contributed by atoms with E-state index in [4.69, 9.17) is 11.6 Å². The molecule has 1 aromatic rings. The maximum Gasteiger partial charge on any atom is 0.255 e. The number of carbonyl (C=O) groups is 1. The molecule has 1 N–H and O–H groups in total. The van der Waals surface area contributed by atoms with E-state index in [-0.39, 0.29) is 29.4 Å². The number of nitrogens with zero attached hydrogens (tertiary/aromatic N) is 1. The Bertz CT molecular complexity index is 616. The number of hydrogen-bond donors (Lipinski definition) is 1. The van der Waals surface area contributed by atoms with Crippen LogP contribution in [0.1, 0.15) is 23.2 Å².